The molecule has 2 amide bonds. The summed E-state index contributed by atoms with van der Waals surface area (Å²) in [5.41, 5.74) is 0. The Bertz CT molecular complexity index is 320. The second kappa shape index (κ2) is 8.21. The number of likely N-dealkylation sites (tertiary alicyclic amines) is 1. The quantitative estimate of drug-likeness (QED) is 0.622. The zero-order valence-electron chi connectivity index (χ0n) is 12.5. The standard InChI is InChI=1S/C14H26N2O4/c1-4-11(8-17)15-14(19)10(2)13(20-3)12-6-5-7-16(12)9-18/h9-13,17H,4-8H2,1-3H3,(H,15,19)/t10?,11-,12?,13?/m0/s1. The summed E-state index contributed by atoms with van der Waals surface area (Å²) in [5, 5.41) is 12.0. The first kappa shape index (κ1) is 16.9. The molecule has 2 N–H and O–H groups in total. The van der Waals surface area contributed by atoms with E-state index >= 15 is 0 Å². The van der Waals surface area contributed by atoms with E-state index in [0.29, 0.717) is 6.42 Å². The minimum absolute atomic E-state index is 0.0487. The summed E-state index contributed by atoms with van der Waals surface area (Å²) in [5.74, 6) is -0.512. The Morgan fingerprint density at radius 3 is 2.80 bits per heavy atom. The summed E-state index contributed by atoms with van der Waals surface area (Å²) in [6.45, 7) is 4.35. The molecule has 1 aliphatic heterocycles. The molecule has 4 atom stereocenters. The van der Waals surface area contributed by atoms with Gasteiger partial charge in [-0.15, -0.1) is 0 Å². The number of carbonyl (C=O) groups is 2. The van der Waals surface area contributed by atoms with Crippen LogP contribution >= 0.6 is 0 Å². The molecule has 6 nitrogen and oxygen atoms in total. The number of aliphatic hydroxyl groups excluding tert-OH is 1. The SMILES string of the molecule is CC[C@@H](CO)NC(=O)C(C)C(OC)C1CCCN1C=O. The molecule has 116 valence electrons. The van der Waals surface area contributed by atoms with E-state index in [1.807, 2.05) is 6.92 Å². The van der Waals surface area contributed by atoms with Crippen molar-refractivity contribution in [2.75, 3.05) is 20.3 Å². The highest BCUT2D eigenvalue weighted by Gasteiger charge is 2.37. The molecule has 6 heteroatoms. The first-order valence-electron chi connectivity index (χ1n) is 7.24. The van der Waals surface area contributed by atoms with Crippen molar-refractivity contribution in [2.45, 2.75) is 51.3 Å². The van der Waals surface area contributed by atoms with Crippen molar-refractivity contribution in [2.24, 2.45) is 5.92 Å². The third-order valence-electron chi connectivity index (χ3n) is 4.09. The molecule has 1 heterocycles. The van der Waals surface area contributed by atoms with Crippen molar-refractivity contribution in [3.05, 3.63) is 0 Å². The monoisotopic (exact) mass is 286 g/mol. The van der Waals surface area contributed by atoms with E-state index in [1.165, 1.54) is 0 Å². The van der Waals surface area contributed by atoms with Gasteiger partial charge in [0.25, 0.3) is 0 Å². The number of amides is 2. The fourth-order valence-electron chi connectivity index (χ4n) is 2.75. The zero-order valence-corrected chi connectivity index (χ0v) is 12.5. The maximum Gasteiger partial charge on any atom is 0.225 e. The van der Waals surface area contributed by atoms with Gasteiger partial charge in [0.2, 0.25) is 12.3 Å². The molecular formula is C14H26N2O4. The van der Waals surface area contributed by atoms with E-state index in [4.69, 9.17) is 9.84 Å². The molecule has 0 aromatic rings. The second-order valence-corrected chi connectivity index (χ2v) is 5.34. The highest BCUT2D eigenvalue weighted by molar-refractivity contribution is 5.79. The van der Waals surface area contributed by atoms with Gasteiger partial charge in [0.1, 0.15) is 0 Å². The Labute approximate surface area is 120 Å². The number of rotatable bonds is 8. The normalized spacial score (nSPS) is 23.2. The maximum atomic E-state index is 12.2. The number of carbonyl (C=O) groups excluding carboxylic acids is 2. The summed E-state index contributed by atoms with van der Waals surface area (Å²) in [6, 6.07) is -0.277. The molecule has 1 rings (SSSR count). The van der Waals surface area contributed by atoms with E-state index in [9.17, 15) is 9.59 Å². The Balaban J connectivity index is 2.68. The molecule has 0 bridgehead atoms. The van der Waals surface area contributed by atoms with Crippen molar-refractivity contribution in [1.29, 1.82) is 0 Å². The van der Waals surface area contributed by atoms with Crippen molar-refractivity contribution in [3.63, 3.8) is 0 Å². The number of methoxy groups -OCH3 is 1. The molecule has 0 saturated carbocycles. The fraction of sp³-hybridized carbons (Fsp3) is 0.857. The van der Waals surface area contributed by atoms with E-state index in [2.05, 4.69) is 5.32 Å². The lowest BCUT2D eigenvalue weighted by Gasteiger charge is -2.32. The molecule has 0 aromatic heterocycles. The van der Waals surface area contributed by atoms with Gasteiger partial charge >= 0.3 is 0 Å². The molecule has 1 saturated heterocycles. The smallest absolute Gasteiger partial charge is 0.225 e. The predicted octanol–water partition coefficient (Wildman–Crippen LogP) is 0.145. The number of ether oxygens (including phenoxy) is 1. The summed E-state index contributed by atoms with van der Waals surface area (Å²) >= 11 is 0. The minimum atomic E-state index is -0.369. The van der Waals surface area contributed by atoms with Crippen molar-refractivity contribution in [3.8, 4) is 0 Å². The number of hydrogen-bond donors (Lipinski definition) is 2. The highest BCUT2D eigenvalue weighted by atomic mass is 16.5. The summed E-state index contributed by atoms with van der Waals surface area (Å²) in [6.07, 6.45) is 2.98. The van der Waals surface area contributed by atoms with Gasteiger partial charge in [0, 0.05) is 13.7 Å². The minimum Gasteiger partial charge on any atom is -0.394 e. The van der Waals surface area contributed by atoms with Crippen LogP contribution in [0.4, 0.5) is 0 Å². The van der Waals surface area contributed by atoms with Crippen LogP contribution in [0.15, 0.2) is 0 Å². The van der Waals surface area contributed by atoms with Crippen LogP contribution in [0.5, 0.6) is 0 Å². The Morgan fingerprint density at radius 1 is 1.60 bits per heavy atom. The summed E-state index contributed by atoms with van der Waals surface area (Å²) in [4.78, 5) is 25.0. The Hall–Kier alpha value is -1.14. The van der Waals surface area contributed by atoms with Gasteiger partial charge in [-0.1, -0.05) is 13.8 Å². The van der Waals surface area contributed by atoms with Crippen LogP contribution in [-0.2, 0) is 14.3 Å². The van der Waals surface area contributed by atoms with Crippen LogP contribution in [0.25, 0.3) is 0 Å². The van der Waals surface area contributed by atoms with Crippen LogP contribution in [0, 0.1) is 5.92 Å². The first-order valence-corrected chi connectivity index (χ1v) is 7.24. The van der Waals surface area contributed by atoms with E-state index in [-0.39, 0.29) is 36.6 Å². The number of nitrogens with one attached hydrogen (secondary N) is 1. The maximum absolute atomic E-state index is 12.2. The molecule has 0 aromatic carbocycles. The molecule has 1 fully saturated rings. The van der Waals surface area contributed by atoms with Crippen LogP contribution in [0.2, 0.25) is 0 Å². The lowest BCUT2D eigenvalue weighted by Crippen LogP contribution is -2.49. The molecule has 1 aliphatic rings. The third kappa shape index (κ3) is 3.93. The number of aliphatic hydroxyl groups is 1. The van der Waals surface area contributed by atoms with Gasteiger partial charge in [0.05, 0.1) is 30.7 Å². The van der Waals surface area contributed by atoms with Gasteiger partial charge < -0.3 is 20.1 Å². The van der Waals surface area contributed by atoms with Crippen LogP contribution in [-0.4, -0.2) is 60.8 Å². The van der Waals surface area contributed by atoms with Crippen molar-refractivity contribution >= 4 is 12.3 Å². The van der Waals surface area contributed by atoms with Gasteiger partial charge in [0.15, 0.2) is 0 Å². The lowest BCUT2D eigenvalue weighted by molar-refractivity contribution is -0.134. The number of nitrogens with zero attached hydrogens (tertiary/aromatic N) is 1. The lowest BCUT2D eigenvalue weighted by atomic mass is 9.94. The Morgan fingerprint density at radius 2 is 2.30 bits per heavy atom. The fourth-order valence-corrected chi connectivity index (χ4v) is 2.75. The van der Waals surface area contributed by atoms with Gasteiger partial charge in [-0.2, -0.15) is 0 Å². The summed E-state index contributed by atoms with van der Waals surface area (Å²) in [7, 11) is 1.57. The predicted molar refractivity (Wildman–Crippen MR) is 75.1 cm³/mol. The third-order valence-corrected chi connectivity index (χ3v) is 4.09. The molecular weight excluding hydrogens is 260 g/mol. The second-order valence-electron chi connectivity index (χ2n) is 5.34. The van der Waals surface area contributed by atoms with Crippen molar-refractivity contribution < 1.29 is 19.4 Å². The van der Waals surface area contributed by atoms with Crippen LogP contribution < -0.4 is 5.32 Å². The van der Waals surface area contributed by atoms with Gasteiger partial charge in [-0.3, -0.25) is 9.59 Å². The average Bonchev–Trinajstić information content (AvgIpc) is 2.93. The Kier molecular flexibility index (Phi) is 6.95. The molecule has 0 spiro atoms. The molecule has 0 radical (unpaired) electrons. The zero-order chi connectivity index (χ0) is 15.1. The largest absolute Gasteiger partial charge is 0.394 e. The average molecular weight is 286 g/mol. The molecule has 20 heavy (non-hydrogen) atoms. The summed E-state index contributed by atoms with van der Waals surface area (Å²) < 4.78 is 5.47. The van der Waals surface area contributed by atoms with Gasteiger partial charge in [-0.25, -0.2) is 0 Å². The first-order chi connectivity index (χ1) is 9.58. The van der Waals surface area contributed by atoms with Crippen molar-refractivity contribution in [1.82, 2.24) is 10.2 Å². The van der Waals surface area contributed by atoms with Gasteiger partial charge in [-0.05, 0) is 19.3 Å². The van der Waals surface area contributed by atoms with E-state index in [1.54, 1.807) is 18.9 Å². The molecule has 0 aliphatic carbocycles. The van der Waals surface area contributed by atoms with Crippen LogP contribution in [0.3, 0.4) is 0 Å². The van der Waals surface area contributed by atoms with E-state index < -0.39 is 0 Å². The molecule has 3 unspecified atom stereocenters. The van der Waals surface area contributed by atoms with Crippen LogP contribution in [0.1, 0.15) is 33.1 Å². The highest BCUT2D eigenvalue weighted by Crippen LogP contribution is 2.25. The van der Waals surface area contributed by atoms with E-state index in [0.717, 1.165) is 25.8 Å². The number of hydrogen-bond acceptors (Lipinski definition) is 4. The topological polar surface area (TPSA) is 78.9 Å².